The number of esters is 1. The highest BCUT2D eigenvalue weighted by atomic mass is 16.6. The van der Waals surface area contributed by atoms with Crippen LogP contribution < -0.4 is 10.6 Å². The molecular weight excluding hydrogens is 404 g/mol. The minimum absolute atomic E-state index is 0.128. The molecule has 3 N–H and O–H groups in total. The highest BCUT2D eigenvalue weighted by Crippen LogP contribution is 2.33. The number of aromatic nitrogens is 2. The van der Waals surface area contributed by atoms with Crippen LogP contribution in [-0.2, 0) is 22.6 Å². The second-order valence-corrected chi connectivity index (χ2v) is 7.30. The third kappa shape index (κ3) is 5.79. The lowest BCUT2D eigenvalue weighted by molar-refractivity contribution is -0.383. The van der Waals surface area contributed by atoms with Gasteiger partial charge >= 0.3 is 17.7 Å². The van der Waals surface area contributed by atoms with Crippen molar-refractivity contribution in [3.05, 3.63) is 45.5 Å². The Morgan fingerprint density at radius 2 is 2.03 bits per heavy atom. The number of nitrogens with zero attached hydrogens (tertiary/aromatic N) is 5. The minimum Gasteiger partial charge on any atom is -0.479 e. The first-order valence-electron chi connectivity index (χ1n) is 10.1. The van der Waals surface area contributed by atoms with E-state index in [1.54, 1.807) is 6.92 Å². The van der Waals surface area contributed by atoms with Gasteiger partial charge in [-0.25, -0.2) is 0 Å². The van der Waals surface area contributed by atoms with Crippen LogP contribution in [0.4, 0.5) is 17.3 Å². The summed E-state index contributed by atoms with van der Waals surface area (Å²) in [5.74, 6) is -1.31. The third-order valence-corrected chi connectivity index (χ3v) is 4.96. The van der Waals surface area contributed by atoms with Crippen LogP contribution in [0, 0.1) is 10.1 Å². The van der Waals surface area contributed by atoms with E-state index in [0.29, 0.717) is 0 Å². The molecule has 166 valence electrons. The van der Waals surface area contributed by atoms with Crippen LogP contribution in [-0.4, -0.2) is 57.1 Å². The van der Waals surface area contributed by atoms with Gasteiger partial charge in [0.1, 0.15) is 6.54 Å². The van der Waals surface area contributed by atoms with Crippen molar-refractivity contribution in [2.24, 2.45) is 0 Å². The van der Waals surface area contributed by atoms with Crippen molar-refractivity contribution in [1.29, 1.82) is 0 Å². The average Bonchev–Trinajstić information content (AvgIpc) is 3.20. The Morgan fingerprint density at radius 3 is 2.71 bits per heavy atom. The fourth-order valence-electron chi connectivity index (χ4n) is 3.66. The molecule has 1 aromatic carbocycles. The second kappa shape index (κ2) is 10.0. The van der Waals surface area contributed by atoms with Crippen LogP contribution in [0.25, 0.3) is 0 Å². The molecule has 2 aromatic rings. The molecule has 1 aliphatic rings. The molecule has 0 bridgehead atoms. The van der Waals surface area contributed by atoms with Crippen molar-refractivity contribution in [2.75, 3.05) is 36.9 Å². The topological polar surface area (TPSA) is 148 Å². The molecule has 31 heavy (non-hydrogen) atoms. The SMILES string of the molecule is CCOC(=O)CN(Cc1cccc(CN2CCCC2)c1)c1nc(O)nc(N)c1[N+](=O)[O-]. The molecule has 0 amide bonds. The number of carbonyl (C=O) groups excluding carboxylic acids is 1. The standard InChI is InChI=1S/C20H26N6O5/c1-2-31-16(27)13-25(19-17(26(29)30)18(21)22-20(28)23-19)12-15-7-5-6-14(10-15)11-24-8-3-4-9-24/h5-7,10H,2-4,8-9,11-13H2,1H3,(H3,21,22,23,28). The number of nitro groups is 1. The Kier molecular flexibility index (Phi) is 7.19. The van der Waals surface area contributed by atoms with Crippen molar-refractivity contribution in [2.45, 2.75) is 32.9 Å². The van der Waals surface area contributed by atoms with E-state index in [-0.39, 0.29) is 25.5 Å². The van der Waals surface area contributed by atoms with Gasteiger partial charge in [0.25, 0.3) is 0 Å². The molecule has 1 aliphatic heterocycles. The van der Waals surface area contributed by atoms with Gasteiger partial charge in [-0.05, 0) is 44.0 Å². The molecule has 0 radical (unpaired) electrons. The quantitative estimate of drug-likeness (QED) is 0.343. The van der Waals surface area contributed by atoms with Crippen LogP contribution in [0.5, 0.6) is 6.01 Å². The van der Waals surface area contributed by atoms with E-state index < -0.39 is 28.4 Å². The Balaban J connectivity index is 1.92. The summed E-state index contributed by atoms with van der Waals surface area (Å²) in [7, 11) is 0. The summed E-state index contributed by atoms with van der Waals surface area (Å²) in [5.41, 5.74) is 7.02. The van der Waals surface area contributed by atoms with Gasteiger partial charge < -0.3 is 20.5 Å². The van der Waals surface area contributed by atoms with Crippen molar-refractivity contribution in [3.8, 4) is 6.01 Å². The van der Waals surface area contributed by atoms with Gasteiger partial charge in [-0.3, -0.25) is 19.8 Å². The number of hydrogen-bond donors (Lipinski definition) is 2. The first kappa shape index (κ1) is 22.2. The summed E-state index contributed by atoms with van der Waals surface area (Å²) in [6, 6.07) is 7.07. The number of hydrogen-bond acceptors (Lipinski definition) is 10. The smallest absolute Gasteiger partial charge is 0.353 e. The lowest BCUT2D eigenvalue weighted by Gasteiger charge is -2.23. The van der Waals surface area contributed by atoms with Crippen molar-refractivity contribution < 1.29 is 19.6 Å². The monoisotopic (exact) mass is 430 g/mol. The molecule has 1 fully saturated rings. The van der Waals surface area contributed by atoms with Crippen LogP contribution in [0.1, 0.15) is 30.9 Å². The molecule has 0 unspecified atom stereocenters. The number of rotatable bonds is 9. The molecule has 0 aliphatic carbocycles. The first-order chi connectivity index (χ1) is 14.9. The number of nitrogen functional groups attached to an aromatic ring is 1. The Bertz CT molecular complexity index is 948. The van der Waals surface area contributed by atoms with Crippen LogP contribution in [0.15, 0.2) is 24.3 Å². The zero-order chi connectivity index (χ0) is 22.4. The van der Waals surface area contributed by atoms with E-state index in [1.165, 1.54) is 17.7 Å². The van der Waals surface area contributed by atoms with Crippen molar-refractivity contribution >= 4 is 23.3 Å². The molecule has 0 saturated carbocycles. The van der Waals surface area contributed by atoms with Gasteiger partial charge in [-0.1, -0.05) is 24.3 Å². The molecule has 0 atom stereocenters. The maximum atomic E-state index is 12.2. The fourth-order valence-corrected chi connectivity index (χ4v) is 3.66. The van der Waals surface area contributed by atoms with Crippen molar-refractivity contribution in [3.63, 3.8) is 0 Å². The number of anilines is 2. The molecule has 1 saturated heterocycles. The summed E-state index contributed by atoms with van der Waals surface area (Å²) in [6.45, 7) is 4.59. The average molecular weight is 430 g/mol. The summed E-state index contributed by atoms with van der Waals surface area (Å²) >= 11 is 0. The summed E-state index contributed by atoms with van der Waals surface area (Å²) in [5, 5.41) is 21.4. The zero-order valence-electron chi connectivity index (χ0n) is 17.4. The Hall–Kier alpha value is -3.47. The summed E-state index contributed by atoms with van der Waals surface area (Å²) in [4.78, 5) is 34.0. The Labute approximate surface area is 179 Å². The van der Waals surface area contributed by atoms with E-state index in [1.807, 2.05) is 24.3 Å². The molecule has 0 spiro atoms. The highest BCUT2D eigenvalue weighted by Gasteiger charge is 2.29. The normalized spacial score (nSPS) is 13.8. The van der Waals surface area contributed by atoms with Crippen LogP contribution in [0.2, 0.25) is 0 Å². The fraction of sp³-hybridized carbons (Fsp3) is 0.450. The number of aromatic hydroxyl groups is 1. The van der Waals surface area contributed by atoms with Gasteiger partial charge in [0.2, 0.25) is 11.6 Å². The van der Waals surface area contributed by atoms with Crippen LogP contribution in [0.3, 0.4) is 0 Å². The molecular formula is C20H26N6O5. The Morgan fingerprint density at radius 1 is 1.32 bits per heavy atom. The van der Waals surface area contributed by atoms with Crippen molar-refractivity contribution in [1.82, 2.24) is 14.9 Å². The molecule has 11 heteroatoms. The van der Waals surface area contributed by atoms with Gasteiger partial charge in [-0.2, -0.15) is 9.97 Å². The van der Waals surface area contributed by atoms with Gasteiger partial charge in [0.05, 0.1) is 11.5 Å². The van der Waals surface area contributed by atoms with Gasteiger partial charge in [-0.15, -0.1) is 0 Å². The number of carbonyl (C=O) groups is 1. The van der Waals surface area contributed by atoms with E-state index >= 15 is 0 Å². The number of nitrogens with two attached hydrogens (primary N) is 1. The lowest BCUT2D eigenvalue weighted by Crippen LogP contribution is -2.32. The van der Waals surface area contributed by atoms with Gasteiger partial charge in [0, 0.05) is 13.1 Å². The second-order valence-electron chi connectivity index (χ2n) is 7.30. The predicted molar refractivity (Wildman–Crippen MR) is 113 cm³/mol. The van der Waals surface area contributed by atoms with E-state index in [4.69, 9.17) is 10.5 Å². The number of ether oxygens (including phenoxy) is 1. The maximum absolute atomic E-state index is 12.2. The minimum atomic E-state index is -0.730. The maximum Gasteiger partial charge on any atom is 0.353 e. The third-order valence-electron chi connectivity index (χ3n) is 4.96. The van der Waals surface area contributed by atoms with E-state index in [2.05, 4.69) is 14.9 Å². The first-order valence-corrected chi connectivity index (χ1v) is 10.1. The van der Waals surface area contributed by atoms with E-state index in [9.17, 15) is 20.0 Å². The van der Waals surface area contributed by atoms with Crippen LogP contribution >= 0.6 is 0 Å². The molecule has 3 rings (SSSR count). The predicted octanol–water partition coefficient (Wildman–Crippen LogP) is 1.84. The lowest BCUT2D eigenvalue weighted by atomic mass is 10.1. The molecule has 1 aromatic heterocycles. The summed E-state index contributed by atoms with van der Waals surface area (Å²) < 4.78 is 5.01. The number of benzene rings is 1. The van der Waals surface area contributed by atoms with Gasteiger partial charge in [0.15, 0.2) is 0 Å². The molecule has 11 nitrogen and oxygen atoms in total. The highest BCUT2D eigenvalue weighted by molar-refractivity contribution is 5.78. The zero-order valence-corrected chi connectivity index (χ0v) is 17.4. The van der Waals surface area contributed by atoms with E-state index in [0.717, 1.165) is 30.8 Å². The summed E-state index contributed by atoms with van der Waals surface area (Å²) in [6.07, 6.45) is 2.38. The molecule has 2 heterocycles. The number of likely N-dealkylation sites (tertiary alicyclic amines) is 1. The largest absolute Gasteiger partial charge is 0.479 e.